The van der Waals surface area contributed by atoms with Crippen molar-refractivity contribution in [2.45, 2.75) is 32.1 Å². The molecule has 5 heteroatoms. The Hall–Kier alpha value is -1.20. The molecule has 0 unspecified atom stereocenters. The van der Waals surface area contributed by atoms with Gasteiger partial charge in [0.25, 0.3) is 0 Å². The molecule has 1 rings (SSSR count). The van der Waals surface area contributed by atoms with E-state index in [1.165, 1.54) is 0 Å². The van der Waals surface area contributed by atoms with Gasteiger partial charge in [0.2, 0.25) is 5.91 Å². The molecule has 0 saturated carbocycles. The van der Waals surface area contributed by atoms with Gasteiger partial charge in [-0.15, -0.1) is 0 Å². The maximum absolute atomic E-state index is 11.9. The van der Waals surface area contributed by atoms with Gasteiger partial charge in [0.15, 0.2) is 5.78 Å². The van der Waals surface area contributed by atoms with Crippen LogP contribution in [0.15, 0.2) is 28.7 Å². The number of carbonyl (C=O) groups excluding carboxylic acids is 2. The minimum atomic E-state index is 0.0102. The van der Waals surface area contributed by atoms with Crippen molar-refractivity contribution < 1.29 is 14.3 Å². The highest BCUT2D eigenvalue weighted by Gasteiger charge is 2.07. The predicted molar refractivity (Wildman–Crippen MR) is 86.4 cm³/mol. The van der Waals surface area contributed by atoms with Crippen molar-refractivity contribution in [2.75, 3.05) is 20.3 Å². The number of ether oxygens (including phenoxy) is 1. The van der Waals surface area contributed by atoms with Gasteiger partial charge in [0.1, 0.15) is 0 Å². The number of halogens is 1. The predicted octanol–water partition coefficient (Wildman–Crippen LogP) is 3.34. The van der Waals surface area contributed by atoms with Crippen molar-refractivity contribution in [1.29, 1.82) is 0 Å². The molecule has 0 fully saturated rings. The first-order chi connectivity index (χ1) is 10.1. The van der Waals surface area contributed by atoms with E-state index in [1.54, 1.807) is 19.2 Å². The second-order valence-corrected chi connectivity index (χ2v) is 5.75. The Labute approximate surface area is 134 Å². The molecule has 1 amide bonds. The number of Topliss-reactive ketones (excluding diaryl/α,β-unsaturated/α-hetero) is 1. The summed E-state index contributed by atoms with van der Waals surface area (Å²) < 4.78 is 5.89. The Kier molecular flexibility index (Phi) is 8.94. The summed E-state index contributed by atoms with van der Waals surface area (Å²) in [6.07, 6.45) is 3.24. The highest BCUT2D eigenvalue weighted by atomic mass is 79.9. The van der Waals surface area contributed by atoms with Crippen LogP contribution < -0.4 is 5.32 Å². The summed E-state index contributed by atoms with van der Waals surface area (Å²) in [6, 6.07) is 7.28. The van der Waals surface area contributed by atoms with Crippen LogP contribution in [0.25, 0.3) is 0 Å². The Balaban J connectivity index is 2.13. The molecule has 0 aliphatic rings. The number of nitrogens with one attached hydrogen (secondary N) is 1. The van der Waals surface area contributed by atoms with Crippen molar-refractivity contribution in [1.82, 2.24) is 5.32 Å². The van der Waals surface area contributed by atoms with Crippen molar-refractivity contribution >= 4 is 27.6 Å². The number of hydrogen-bond donors (Lipinski definition) is 1. The maximum atomic E-state index is 11.9. The van der Waals surface area contributed by atoms with Crippen LogP contribution in [0.2, 0.25) is 0 Å². The molecule has 1 N–H and O–H groups in total. The molecule has 0 aromatic heterocycles. The molecular formula is C16H22BrNO3. The molecule has 0 atom stereocenters. The van der Waals surface area contributed by atoms with Gasteiger partial charge in [-0.3, -0.25) is 9.59 Å². The summed E-state index contributed by atoms with van der Waals surface area (Å²) in [4.78, 5) is 23.5. The van der Waals surface area contributed by atoms with Crippen LogP contribution >= 0.6 is 15.9 Å². The largest absolute Gasteiger partial charge is 0.385 e. The summed E-state index contributed by atoms with van der Waals surface area (Å²) in [5.74, 6) is 0.0893. The number of rotatable bonds is 10. The molecule has 116 valence electrons. The monoisotopic (exact) mass is 355 g/mol. The number of benzene rings is 1. The van der Waals surface area contributed by atoms with E-state index in [0.717, 1.165) is 23.9 Å². The zero-order chi connectivity index (χ0) is 15.5. The molecule has 0 aliphatic heterocycles. The summed E-state index contributed by atoms with van der Waals surface area (Å²) >= 11 is 3.33. The van der Waals surface area contributed by atoms with Gasteiger partial charge in [-0.1, -0.05) is 28.1 Å². The Morgan fingerprint density at radius 1 is 1.10 bits per heavy atom. The van der Waals surface area contributed by atoms with Crippen molar-refractivity contribution in [3.8, 4) is 0 Å². The minimum Gasteiger partial charge on any atom is -0.385 e. The third kappa shape index (κ3) is 7.97. The van der Waals surface area contributed by atoms with Crippen LogP contribution in [0.3, 0.4) is 0 Å². The van der Waals surface area contributed by atoms with Crippen LogP contribution in [0, 0.1) is 0 Å². The van der Waals surface area contributed by atoms with Crippen LogP contribution in [0.5, 0.6) is 0 Å². The summed E-state index contributed by atoms with van der Waals surface area (Å²) in [5, 5.41) is 2.85. The molecule has 0 saturated heterocycles. The molecule has 4 nitrogen and oxygen atoms in total. The first-order valence-corrected chi connectivity index (χ1v) is 7.97. The highest BCUT2D eigenvalue weighted by molar-refractivity contribution is 9.10. The van der Waals surface area contributed by atoms with Gasteiger partial charge in [0.05, 0.1) is 0 Å². The van der Waals surface area contributed by atoms with Crippen LogP contribution in [-0.2, 0) is 9.53 Å². The van der Waals surface area contributed by atoms with Gasteiger partial charge >= 0.3 is 0 Å². The van der Waals surface area contributed by atoms with E-state index in [4.69, 9.17) is 4.74 Å². The molecule has 1 aromatic rings. The lowest BCUT2D eigenvalue weighted by atomic mass is 10.1. The second-order valence-electron chi connectivity index (χ2n) is 4.83. The summed E-state index contributed by atoms with van der Waals surface area (Å²) in [7, 11) is 1.67. The Morgan fingerprint density at radius 2 is 1.81 bits per heavy atom. The van der Waals surface area contributed by atoms with Gasteiger partial charge in [-0.25, -0.2) is 0 Å². The number of unbranched alkanes of at least 4 members (excludes halogenated alkanes) is 1. The average molecular weight is 356 g/mol. The third-order valence-electron chi connectivity index (χ3n) is 3.07. The standard InChI is InChI=1S/C16H22BrNO3/c1-21-12-3-2-11-18-16(20)6-4-5-15(19)13-7-9-14(17)10-8-13/h7-10H,2-6,11-12H2,1H3,(H,18,20). The number of ketones is 1. The summed E-state index contributed by atoms with van der Waals surface area (Å²) in [5.41, 5.74) is 0.693. The SMILES string of the molecule is COCCCCNC(=O)CCCC(=O)c1ccc(Br)cc1. The lowest BCUT2D eigenvalue weighted by molar-refractivity contribution is -0.121. The molecule has 1 aromatic carbocycles. The molecule has 0 bridgehead atoms. The van der Waals surface area contributed by atoms with E-state index in [0.29, 0.717) is 31.4 Å². The Bertz CT molecular complexity index is 445. The third-order valence-corrected chi connectivity index (χ3v) is 3.60. The quantitative estimate of drug-likeness (QED) is 0.517. The first-order valence-electron chi connectivity index (χ1n) is 7.18. The number of methoxy groups -OCH3 is 1. The Morgan fingerprint density at radius 3 is 2.48 bits per heavy atom. The van der Waals surface area contributed by atoms with Crippen LogP contribution in [0.1, 0.15) is 42.5 Å². The van der Waals surface area contributed by atoms with E-state index in [9.17, 15) is 9.59 Å². The zero-order valence-electron chi connectivity index (χ0n) is 12.4. The van der Waals surface area contributed by atoms with E-state index >= 15 is 0 Å². The van der Waals surface area contributed by atoms with E-state index in [2.05, 4.69) is 21.2 Å². The number of amides is 1. The fraction of sp³-hybridized carbons (Fsp3) is 0.500. The van der Waals surface area contributed by atoms with Gasteiger partial charge in [0, 0.05) is 43.1 Å². The first kappa shape index (κ1) is 17.9. The van der Waals surface area contributed by atoms with Gasteiger partial charge in [-0.2, -0.15) is 0 Å². The molecule has 21 heavy (non-hydrogen) atoms. The van der Waals surface area contributed by atoms with Crippen molar-refractivity contribution in [2.24, 2.45) is 0 Å². The van der Waals surface area contributed by atoms with Crippen LogP contribution in [0.4, 0.5) is 0 Å². The maximum Gasteiger partial charge on any atom is 0.220 e. The van der Waals surface area contributed by atoms with E-state index in [1.807, 2.05) is 12.1 Å². The second kappa shape index (κ2) is 10.5. The molecular weight excluding hydrogens is 334 g/mol. The fourth-order valence-corrected chi connectivity index (χ4v) is 2.14. The molecule has 0 spiro atoms. The normalized spacial score (nSPS) is 10.4. The lowest BCUT2D eigenvalue weighted by Gasteiger charge is -2.05. The lowest BCUT2D eigenvalue weighted by Crippen LogP contribution is -2.24. The topological polar surface area (TPSA) is 55.4 Å². The number of hydrogen-bond acceptors (Lipinski definition) is 3. The smallest absolute Gasteiger partial charge is 0.220 e. The van der Waals surface area contributed by atoms with Crippen molar-refractivity contribution in [3.05, 3.63) is 34.3 Å². The number of carbonyl (C=O) groups is 2. The fourth-order valence-electron chi connectivity index (χ4n) is 1.88. The highest BCUT2D eigenvalue weighted by Crippen LogP contribution is 2.13. The van der Waals surface area contributed by atoms with E-state index in [-0.39, 0.29) is 11.7 Å². The van der Waals surface area contributed by atoms with Crippen molar-refractivity contribution in [3.63, 3.8) is 0 Å². The summed E-state index contributed by atoms with van der Waals surface area (Å²) in [6.45, 7) is 1.39. The minimum absolute atomic E-state index is 0.0102. The average Bonchev–Trinajstić information content (AvgIpc) is 2.47. The van der Waals surface area contributed by atoms with Gasteiger partial charge in [-0.05, 0) is 31.4 Å². The van der Waals surface area contributed by atoms with E-state index < -0.39 is 0 Å². The zero-order valence-corrected chi connectivity index (χ0v) is 13.9. The molecule has 0 heterocycles. The van der Waals surface area contributed by atoms with Gasteiger partial charge < -0.3 is 10.1 Å². The molecule has 0 aliphatic carbocycles. The molecule has 0 radical (unpaired) electrons. The van der Waals surface area contributed by atoms with Crippen LogP contribution in [-0.4, -0.2) is 32.0 Å².